The van der Waals surface area contributed by atoms with Gasteiger partial charge < -0.3 is 15.4 Å². The molecule has 2 aliphatic rings. The molecule has 1 amide bonds. The molecule has 1 atom stereocenters. The van der Waals surface area contributed by atoms with Gasteiger partial charge in [0.15, 0.2) is 0 Å². The maximum absolute atomic E-state index is 11.5. The van der Waals surface area contributed by atoms with E-state index in [0.29, 0.717) is 25.2 Å². The Morgan fingerprint density at radius 2 is 2.19 bits per heavy atom. The molecule has 0 spiro atoms. The zero-order valence-electron chi connectivity index (χ0n) is 9.70. The fourth-order valence-electron chi connectivity index (χ4n) is 1.74. The van der Waals surface area contributed by atoms with Gasteiger partial charge in [0.05, 0.1) is 12.7 Å². The molecular weight excluding hydrogens is 228 g/mol. The van der Waals surface area contributed by atoms with Crippen LogP contribution in [0, 0.1) is 5.92 Å². The number of carbonyl (C=O) groups excluding carboxylic acids is 1. The molecule has 0 aromatic rings. The van der Waals surface area contributed by atoms with Gasteiger partial charge in [-0.3, -0.25) is 4.79 Å². The predicted molar refractivity (Wildman–Crippen MR) is 64.8 cm³/mol. The summed E-state index contributed by atoms with van der Waals surface area (Å²) in [5, 5.41) is 6.15. The molecule has 1 saturated heterocycles. The van der Waals surface area contributed by atoms with Crippen molar-refractivity contribution in [3.63, 3.8) is 0 Å². The summed E-state index contributed by atoms with van der Waals surface area (Å²) in [5.41, 5.74) is 0. The van der Waals surface area contributed by atoms with Gasteiger partial charge in [0.1, 0.15) is 0 Å². The summed E-state index contributed by atoms with van der Waals surface area (Å²) in [6, 6.07) is 0.350. The molecule has 2 rings (SSSR count). The van der Waals surface area contributed by atoms with E-state index in [1.807, 2.05) is 0 Å². The third-order valence-corrected chi connectivity index (χ3v) is 3.14. The molecular formula is C11H21ClN2O2. The molecule has 5 heteroatoms. The van der Waals surface area contributed by atoms with E-state index in [1.54, 1.807) is 0 Å². The summed E-state index contributed by atoms with van der Waals surface area (Å²) in [6.07, 6.45) is 3.36. The number of ether oxygens (including phenoxy) is 1. The second kappa shape index (κ2) is 6.42. The van der Waals surface area contributed by atoms with Gasteiger partial charge in [-0.25, -0.2) is 0 Å². The zero-order valence-corrected chi connectivity index (χ0v) is 10.5. The van der Waals surface area contributed by atoms with E-state index in [-0.39, 0.29) is 18.3 Å². The Morgan fingerprint density at radius 3 is 2.69 bits per heavy atom. The Hall–Kier alpha value is -0.320. The Balaban J connectivity index is 0.00000128. The second-order valence-electron chi connectivity index (χ2n) is 4.59. The molecule has 1 aliphatic heterocycles. The van der Waals surface area contributed by atoms with Crippen LogP contribution >= 0.6 is 12.4 Å². The van der Waals surface area contributed by atoms with Crippen molar-refractivity contribution in [2.75, 3.05) is 19.7 Å². The second-order valence-corrected chi connectivity index (χ2v) is 4.59. The van der Waals surface area contributed by atoms with Crippen LogP contribution in [0.4, 0.5) is 0 Å². The van der Waals surface area contributed by atoms with Crippen molar-refractivity contribution in [3.05, 3.63) is 0 Å². The molecule has 2 N–H and O–H groups in total. The van der Waals surface area contributed by atoms with Crippen molar-refractivity contribution in [1.82, 2.24) is 10.6 Å². The third kappa shape index (κ3) is 4.28. The molecule has 2 fully saturated rings. The van der Waals surface area contributed by atoms with E-state index < -0.39 is 0 Å². The monoisotopic (exact) mass is 248 g/mol. The first-order valence-electron chi connectivity index (χ1n) is 5.87. The molecule has 1 unspecified atom stereocenters. The number of nitrogens with one attached hydrogen (secondary N) is 2. The number of rotatable bonds is 6. The van der Waals surface area contributed by atoms with Gasteiger partial charge in [-0.1, -0.05) is 0 Å². The summed E-state index contributed by atoms with van der Waals surface area (Å²) in [5.74, 6) is 0.854. The van der Waals surface area contributed by atoms with Gasteiger partial charge in [0, 0.05) is 25.6 Å². The number of carbonyl (C=O) groups is 1. The molecule has 0 aromatic carbocycles. The van der Waals surface area contributed by atoms with Crippen LogP contribution in [0.15, 0.2) is 0 Å². The first kappa shape index (κ1) is 13.7. The van der Waals surface area contributed by atoms with Crippen molar-refractivity contribution in [3.8, 4) is 0 Å². The molecule has 0 bridgehead atoms. The summed E-state index contributed by atoms with van der Waals surface area (Å²) >= 11 is 0. The van der Waals surface area contributed by atoms with Crippen molar-refractivity contribution >= 4 is 18.3 Å². The van der Waals surface area contributed by atoms with Crippen molar-refractivity contribution < 1.29 is 9.53 Å². The highest BCUT2D eigenvalue weighted by Crippen LogP contribution is 2.32. The minimum Gasteiger partial charge on any atom is -0.375 e. The molecule has 1 heterocycles. The van der Waals surface area contributed by atoms with Crippen LogP contribution in [0.3, 0.4) is 0 Å². The van der Waals surface area contributed by atoms with Crippen molar-refractivity contribution in [2.45, 2.75) is 38.3 Å². The summed E-state index contributed by atoms with van der Waals surface area (Å²) < 4.78 is 5.48. The number of amides is 1. The molecule has 4 nitrogen and oxygen atoms in total. The van der Waals surface area contributed by atoms with Gasteiger partial charge >= 0.3 is 0 Å². The van der Waals surface area contributed by atoms with E-state index in [1.165, 1.54) is 12.8 Å². The largest absolute Gasteiger partial charge is 0.375 e. The van der Waals surface area contributed by atoms with E-state index in [9.17, 15) is 4.79 Å². The van der Waals surface area contributed by atoms with Crippen LogP contribution < -0.4 is 10.6 Å². The Bertz CT molecular complexity index is 230. The predicted octanol–water partition coefficient (Wildman–Crippen LogP) is 0.701. The van der Waals surface area contributed by atoms with E-state index in [0.717, 1.165) is 19.0 Å². The van der Waals surface area contributed by atoms with Crippen LogP contribution in [-0.4, -0.2) is 37.7 Å². The lowest BCUT2D eigenvalue weighted by Crippen LogP contribution is -2.48. The minimum absolute atomic E-state index is 0. The molecule has 0 aromatic heterocycles. The van der Waals surface area contributed by atoms with Crippen LogP contribution in [0.25, 0.3) is 0 Å². The average molecular weight is 249 g/mol. The molecule has 0 radical (unpaired) electrons. The highest BCUT2D eigenvalue weighted by Gasteiger charge is 2.28. The van der Waals surface area contributed by atoms with Crippen molar-refractivity contribution in [1.29, 1.82) is 0 Å². The third-order valence-electron chi connectivity index (χ3n) is 3.14. The van der Waals surface area contributed by atoms with Gasteiger partial charge in [0.25, 0.3) is 0 Å². The zero-order chi connectivity index (χ0) is 10.7. The first-order chi connectivity index (χ1) is 7.25. The van der Waals surface area contributed by atoms with Crippen LogP contribution in [-0.2, 0) is 9.53 Å². The summed E-state index contributed by atoms with van der Waals surface area (Å²) in [7, 11) is 0. The fraction of sp³-hybridized carbons (Fsp3) is 0.909. The van der Waals surface area contributed by atoms with Gasteiger partial charge in [-0.2, -0.15) is 0 Å². The van der Waals surface area contributed by atoms with E-state index in [4.69, 9.17) is 4.74 Å². The highest BCUT2D eigenvalue weighted by atomic mass is 35.5. The van der Waals surface area contributed by atoms with Crippen LogP contribution in [0.5, 0.6) is 0 Å². The molecule has 1 saturated carbocycles. The normalized spacial score (nSPS) is 21.8. The quantitative estimate of drug-likeness (QED) is 0.728. The maximum atomic E-state index is 11.5. The van der Waals surface area contributed by atoms with Gasteiger partial charge in [-0.05, 0) is 25.7 Å². The Labute approximate surface area is 103 Å². The van der Waals surface area contributed by atoms with Crippen LogP contribution in [0.1, 0.15) is 26.2 Å². The fourth-order valence-corrected chi connectivity index (χ4v) is 1.74. The average Bonchev–Trinajstić information content (AvgIpc) is 2.91. The first-order valence-corrected chi connectivity index (χ1v) is 5.87. The van der Waals surface area contributed by atoms with Crippen molar-refractivity contribution in [2.24, 2.45) is 5.92 Å². The smallest absolute Gasteiger partial charge is 0.222 e. The lowest BCUT2D eigenvalue weighted by atomic mass is 10.2. The highest BCUT2D eigenvalue weighted by molar-refractivity contribution is 5.85. The lowest BCUT2D eigenvalue weighted by molar-refractivity contribution is -0.123. The van der Waals surface area contributed by atoms with Crippen LogP contribution in [0.2, 0.25) is 0 Å². The molecule has 16 heavy (non-hydrogen) atoms. The van der Waals surface area contributed by atoms with E-state index >= 15 is 0 Å². The van der Waals surface area contributed by atoms with Gasteiger partial charge in [-0.15, -0.1) is 12.4 Å². The SMILES string of the molecule is CC(NC(=O)CCOC1CNC1)C1CC1.Cl. The minimum atomic E-state index is 0. The maximum Gasteiger partial charge on any atom is 0.222 e. The standard InChI is InChI=1S/C11H20N2O2.ClH/c1-8(9-2-3-9)13-11(14)4-5-15-10-6-12-7-10;/h8-10,12H,2-7H2,1H3,(H,13,14);1H. The number of hydrogen-bond acceptors (Lipinski definition) is 3. The summed E-state index contributed by atoms with van der Waals surface area (Å²) in [4.78, 5) is 11.5. The molecule has 94 valence electrons. The lowest BCUT2D eigenvalue weighted by Gasteiger charge is -2.27. The number of hydrogen-bond donors (Lipinski definition) is 2. The number of halogens is 1. The Morgan fingerprint density at radius 1 is 1.50 bits per heavy atom. The molecule has 1 aliphatic carbocycles. The Kier molecular flexibility index (Phi) is 5.52. The topological polar surface area (TPSA) is 50.4 Å². The van der Waals surface area contributed by atoms with E-state index in [2.05, 4.69) is 17.6 Å². The van der Waals surface area contributed by atoms with Gasteiger partial charge in [0.2, 0.25) is 5.91 Å². The summed E-state index contributed by atoms with van der Waals surface area (Å²) in [6.45, 7) is 4.50.